The molecule has 0 aliphatic heterocycles. The van der Waals surface area contributed by atoms with Gasteiger partial charge in [0.25, 0.3) is 0 Å². The lowest BCUT2D eigenvalue weighted by molar-refractivity contribution is 0.415. The van der Waals surface area contributed by atoms with Crippen LogP contribution in [0.2, 0.25) is 0 Å². The lowest BCUT2D eigenvalue weighted by Crippen LogP contribution is -2.26. The van der Waals surface area contributed by atoms with Gasteiger partial charge < -0.3 is 15.4 Å². The number of hydrogen-bond acceptors (Lipinski definition) is 4. The van der Waals surface area contributed by atoms with E-state index >= 15 is 0 Å². The van der Waals surface area contributed by atoms with Crippen LogP contribution in [0.5, 0.6) is 5.75 Å². The van der Waals surface area contributed by atoms with Crippen LogP contribution >= 0.6 is 0 Å². The van der Waals surface area contributed by atoms with Crippen LogP contribution in [0.4, 0.5) is 5.69 Å². The van der Waals surface area contributed by atoms with Crippen molar-refractivity contribution in [2.45, 2.75) is 51.0 Å². The third kappa shape index (κ3) is 4.60. The zero-order valence-electron chi connectivity index (χ0n) is 14.7. The number of nitrogens with one attached hydrogen (secondary N) is 2. The van der Waals surface area contributed by atoms with Crippen molar-refractivity contribution in [2.75, 3.05) is 25.5 Å². The number of pyridine rings is 1. The highest BCUT2D eigenvalue weighted by Crippen LogP contribution is 2.27. The first-order chi connectivity index (χ1) is 11.9. The van der Waals surface area contributed by atoms with Crippen molar-refractivity contribution in [3.05, 3.63) is 30.5 Å². The molecule has 1 aromatic carbocycles. The quantitative estimate of drug-likeness (QED) is 0.672. The van der Waals surface area contributed by atoms with Gasteiger partial charge >= 0.3 is 0 Å². The number of hydrogen-bond donors (Lipinski definition) is 2. The van der Waals surface area contributed by atoms with Gasteiger partial charge in [-0.05, 0) is 44.4 Å². The predicted molar refractivity (Wildman–Crippen MR) is 101 cm³/mol. The number of anilines is 1. The van der Waals surface area contributed by atoms with Crippen molar-refractivity contribution in [3.63, 3.8) is 0 Å². The minimum atomic E-state index is 0.789. The first kappa shape index (κ1) is 17.0. The Morgan fingerprint density at radius 2 is 1.96 bits per heavy atom. The molecule has 1 fully saturated rings. The number of ether oxygens (including phenoxy) is 1. The second kappa shape index (κ2) is 8.88. The number of unbranched alkanes of at least 4 members (excludes halogenated alkanes) is 2. The van der Waals surface area contributed by atoms with Gasteiger partial charge in [-0.25, -0.2) is 0 Å². The molecule has 130 valence electrons. The van der Waals surface area contributed by atoms with Crippen molar-refractivity contribution in [1.29, 1.82) is 0 Å². The summed E-state index contributed by atoms with van der Waals surface area (Å²) in [4.78, 5) is 4.50. The fourth-order valence-electron chi connectivity index (χ4n) is 3.50. The van der Waals surface area contributed by atoms with Gasteiger partial charge in [-0.1, -0.05) is 25.3 Å². The molecule has 3 rings (SSSR count). The van der Waals surface area contributed by atoms with Crippen LogP contribution in [-0.4, -0.2) is 31.2 Å². The lowest BCUT2D eigenvalue weighted by Gasteiger charge is -2.12. The van der Waals surface area contributed by atoms with Crippen LogP contribution in [-0.2, 0) is 0 Å². The molecular weight excluding hydrogens is 298 g/mol. The number of benzene rings is 1. The van der Waals surface area contributed by atoms with Crippen molar-refractivity contribution in [1.82, 2.24) is 10.3 Å². The van der Waals surface area contributed by atoms with Crippen molar-refractivity contribution in [2.24, 2.45) is 0 Å². The van der Waals surface area contributed by atoms with E-state index in [4.69, 9.17) is 4.74 Å². The molecule has 2 N–H and O–H groups in total. The van der Waals surface area contributed by atoms with E-state index in [9.17, 15) is 0 Å². The van der Waals surface area contributed by atoms with E-state index in [1.807, 2.05) is 24.4 Å². The van der Waals surface area contributed by atoms with Crippen LogP contribution in [0.1, 0.15) is 44.9 Å². The smallest absolute Gasteiger partial charge is 0.121 e. The second-order valence-corrected chi connectivity index (χ2v) is 6.67. The van der Waals surface area contributed by atoms with Gasteiger partial charge in [0, 0.05) is 30.2 Å². The van der Waals surface area contributed by atoms with Gasteiger partial charge in [0.15, 0.2) is 0 Å². The lowest BCUT2D eigenvalue weighted by atomic mass is 10.1. The van der Waals surface area contributed by atoms with Crippen LogP contribution in [0.3, 0.4) is 0 Å². The summed E-state index contributed by atoms with van der Waals surface area (Å²) in [6, 6.07) is 8.89. The number of rotatable bonds is 9. The Balaban J connectivity index is 1.42. The first-order valence-electron chi connectivity index (χ1n) is 9.27. The van der Waals surface area contributed by atoms with Gasteiger partial charge in [0.2, 0.25) is 0 Å². The molecule has 1 aliphatic carbocycles. The van der Waals surface area contributed by atoms with Gasteiger partial charge in [0.05, 0.1) is 18.3 Å². The zero-order valence-corrected chi connectivity index (χ0v) is 14.7. The summed E-state index contributed by atoms with van der Waals surface area (Å²) in [5, 5.41) is 8.33. The molecule has 4 heteroatoms. The minimum Gasteiger partial charge on any atom is -0.497 e. The second-order valence-electron chi connectivity index (χ2n) is 6.67. The molecule has 1 aromatic heterocycles. The van der Waals surface area contributed by atoms with Crippen LogP contribution in [0, 0.1) is 0 Å². The SMILES string of the molecule is COc1cc(NCCCCCNC2CCCC2)c2ncccc2c1. The highest BCUT2D eigenvalue weighted by molar-refractivity contribution is 5.91. The monoisotopic (exact) mass is 327 g/mol. The highest BCUT2D eigenvalue weighted by atomic mass is 16.5. The molecule has 1 heterocycles. The van der Waals surface area contributed by atoms with E-state index in [2.05, 4.69) is 21.7 Å². The fourth-order valence-corrected chi connectivity index (χ4v) is 3.50. The maximum atomic E-state index is 5.40. The Morgan fingerprint density at radius 1 is 1.12 bits per heavy atom. The van der Waals surface area contributed by atoms with E-state index < -0.39 is 0 Å². The molecule has 4 nitrogen and oxygen atoms in total. The van der Waals surface area contributed by atoms with E-state index in [0.29, 0.717) is 0 Å². The molecule has 1 saturated carbocycles. The van der Waals surface area contributed by atoms with Gasteiger partial charge in [-0.2, -0.15) is 0 Å². The third-order valence-electron chi connectivity index (χ3n) is 4.87. The number of aromatic nitrogens is 1. The molecule has 0 bridgehead atoms. The van der Waals surface area contributed by atoms with Crippen molar-refractivity contribution in [3.8, 4) is 5.75 Å². The predicted octanol–water partition coefficient (Wildman–Crippen LogP) is 4.36. The largest absolute Gasteiger partial charge is 0.497 e. The Morgan fingerprint density at radius 3 is 2.79 bits per heavy atom. The molecule has 24 heavy (non-hydrogen) atoms. The van der Waals surface area contributed by atoms with Crippen molar-refractivity contribution < 1.29 is 4.74 Å². The van der Waals surface area contributed by atoms with Gasteiger partial charge in [-0.15, -0.1) is 0 Å². The number of methoxy groups -OCH3 is 1. The standard InChI is InChI=1S/C20H29N3O/c1-24-18-14-16-8-7-13-23-20(16)19(15-18)22-12-6-2-5-11-21-17-9-3-4-10-17/h7-8,13-15,17,21-22H,2-6,9-12H2,1H3. The average Bonchev–Trinajstić information content (AvgIpc) is 3.14. The average molecular weight is 327 g/mol. The molecule has 0 spiro atoms. The summed E-state index contributed by atoms with van der Waals surface area (Å²) < 4.78 is 5.40. The van der Waals surface area contributed by atoms with Gasteiger partial charge in [0.1, 0.15) is 5.75 Å². The number of fused-ring (bicyclic) bond motifs is 1. The van der Waals surface area contributed by atoms with E-state index in [-0.39, 0.29) is 0 Å². The summed E-state index contributed by atoms with van der Waals surface area (Å²) >= 11 is 0. The maximum Gasteiger partial charge on any atom is 0.121 e. The summed E-state index contributed by atoms with van der Waals surface area (Å²) in [5.74, 6) is 0.874. The normalized spacial score (nSPS) is 15.0. The minimum absolute atomic E-state index is 0.789. The first-order valence-corrected chi connectivity index (χ1v) is 9.27. The van der Waals surface area contributed by atoms with Crippen LogP contribution in [0.25, 0.3) is 10.9 Å². The molecule has 0 radical (unpaired) electrons. The molecule has 1 aliphatic rings. The topological polar surface area (TPSA) is 46.2 Å². The molecule has 2 aromatic rings. The fraction of sp³-hybridized carbons (Fsp3) is 0.550. The molecular formula is C20H29N3O. The summed E-state index contributed by atoms with van der Waals surface area (Å²) in [6.45, 7) is 2.14. The number of nitrogens with zero attached hydrogens (tertiary/aromatic N) is 1. The molecule has 0 atom stereocenters. The Hall–Kier alpha value is -1.81. The third-order valence-corrected chi connectivity index (χ3v) is 4.87. The van der Waals surface area contributed by atoms with E-state index in [1.165, 1.54) is 44.9 Å². The van der Waals surface area contributed by atoms with Crippen molar-refractivity contribution >= 4 is 16.6 Å². The Labute approximate surface area is 145 Å². The zero-order chi connectivity index (χ0) is 16.6. The maximum absolute atomic E-state index is 5.40. The highest BCUT2D eigenvalue weighted by Gasteiger charge is 2.13. The van der Waals surface area contributed by atoms with Crippen LogP contribution in [0.15, 0.2) is 30.5 Å². The molecule has 0 saturated heterocycles. The summed E-state index contributed by atoms with van der Waals surface area (Å²) in [7, 11) is 1.71. The van der Waals surface area contributed by atoms with Crippen LogP contribution < -0.4 is 15.4 Å². The van der Waals surface area contributed by atoms with E-state index in [0.717, 1.165) is 41.5 Å². The van der Waals surface area contributed by atoms with Gasteiger partial charge in [-0.3, -0.25) is 4.98 Å². The summed E-state index contributed by atoms with van der Waals surface area (Å²) in [5.41, 5.74) is 2.08. The Bertz CT molecular complexity index is 638. The van der Waals surface area contributed by atoms with E-state index in [1.54, 1.807) is 7.11 Å². The molecule has 0 amide bonds. The molecule has 0 unspecified atom stereocenters. The summed E-state index contributed by atoms with van der Waals surface area (Å²) in [6.07, 6.45) is 11.1. The Kier molecular flexibility index (Phi) is 6.30.